The van der Waals surface area contributed by atoms with Crippen molar-refractivity contribution in [3.05, 3.63) is 47.7 Å². The molecule has 2 aromatic rings. The summed E-state index contributed by atoms with van der Waals surface area (Å²) in [5, 5.41) is 5.96. The largest absolute Gasteiger partial charge is 0.487 e. The fourth-order valence-electron chi connectivity index (χ4n) is 5.18. The Morgan fingerprint density at radius 3 is 2.86 bits per heavy atom. The number of ether oxygens (including phenoxy) is 1. The van der Waals surface area contributed by atoms with Crippen LogP contribution in [0.2, 0.25) is 0 Å². The van der Waals surface area contributed by atoms with Crippen LogP contribution in [0, 0.1) is 0 Å². The Morgan fingerprint density at radius 1 is 1.26 bits per heavy atom. The SMILES string of the molecule is CC(C)N[C@H]1CCN(Cc2ncco2)C[C@@H]1Oc1ccc2c(c1)CN(C1CCC(=O)NC1=O)C2=O. The van der Waals surface area contributed by atoms with Gasteiger partial charge in [0.05, 0.1) is 12.7 Å². The van der Waals surface area contributed by atoms with E-state index in [1.54, 1.807) is 23.4 Å². The van der Waals surface area contributed by atoms with Crippen molar-refractivity contribution in [1.29, 1.82) is 0 Å². The minimum atomic E-state index is -0.626. The molecule has 0 radical (unpaired) electrons. The molecule has 3 amide bonds. The number of benzene rings is 1. The normalized spacial score (nSPS) is 25.2. The number of nitrogens with zero attached hydrogens (tertiary/aromatic N) is 3. The van der Waals surface area contributed by atoms with Gasteiger partial charge in [-0.1, -0.05) is 13.8 Å². The summed E-state index contributed by atoms with van der Waals surface area (Å²) in [6.07, 6.45) is 4.65. The van der Waals surface area contributed by atoms with E-state index in [0.29, 0.717) is 49.3 Å². The molecule has 0 spiro atoms. The van der Waals surface area contributed by atoms with Gasteiger partial charge in [0.25, 0.3) is 5.91 Å². The van der Waals surface area contributed by atoms with Crippen molar-refractivity contribution in [3.8, 4) is 5.75 Å². The minimum absolute atomic E-state index is 0.0949. The number of nitrogens with one attached hydrogen (secondary N) is 2. The highest BCUT2D eigenvalue weighted by molar-refractivity contribution is 6.05. The highest BCUT2D eigenvalue weighted by Crippen LogP contribution is 2.31. The number of likely N-dealkylation sites (tertiary alicyclic amines) is 1. The lowest BCUT2D eigenvalue weighted by Crippen LogP contribution is -2.56. The molecule has 3 atom stereocenters. The van der Waals surface area contributed by atoms with Crippen molar-refractivity contribution in [2.75, 3.05) is 13.1 Å². The van der Waals surface area contributed by atoms with Gasteiger partial charge >= 0.3 is 0 Å². The van der Waals surface area contributed by atoms with Crippen LogP contribution in [0.15, 0.2) is 35.1 Å². The van der Waals surface area contributed by atoms with Gasteiger partial charge in [0.2, 0.25) is 17.7 Å². The summed E-state index contributed by atoms with van der Waals surface area (Å²) in [6.45, 7) is 6.83. The lowest BCUT2D eigenvalue weighted by atomic mass is 10.0. The second-order valence-electron chi connectivity index (χ2n) is 9.75. The third-order valence-corrected chi connectivity index (χ3v) is 6.82. The van der Waals surface area contributed by atoms with Crippen molar-refractivity contribution in [3.63, 3.8) is 0 Å². The van der Waals surface area contributed by atoms with Gasteiger partial charge in [-0.15, -0.1) is 0 Å². The number of piperidine rings is 2. The molecule has 3 aliphatic rings. The lowest BCUT2D eigenvalue weighted by Gasteiger charge is -2.39. The first-order valence-electron chi connectivity index (χ1n) is 12.2. The molecule has 10 heteroatoms. The summed E-state index contributed by atoms with van der Waals surface area (Å²) in [5.74, 6) is 0.494. The molecule has 2 fully saturated rings. The van der Waals surface area contributed by atoms with E-state index in [0.717, 1.165) is 18.5 Å². The van der Waals surface area contributed by atoms with Crippen LogP contribution >= 0.6 is 0 Å². The van der Waals surface area contributed by atoms with Crippen LogP contribution in [0.4, 0.5) is 0 Å². The van der Waals surface area contributed by atoms with Gasteiger partial charge in [0.1, 0.15) is 24.2 Å². The molecule has 3 aliphatic heterocycles. The molecule has 1 unspecified atom stereocenters. The predicted molar refractivity (Wildman–Crippen MR) is 125 cm³/mol. The van der Waals surface area contributed by atoms with Gasteiger partial charge in [0.15, 0.2) is 0 Å². The van der Waals surface area contributed by atoms with E-state index in [-0.39, 0.29) is 30.4 Å². The molecule has 2 N–H and O–H groups in total. The van der Waals surface area contributed by atoms with Crippen molar-refractivity contribution >= 4 is 17.7 Å². The van der Waals surface area contributed by atoms with Crippen LogP contribution in [-0.4, -0.2) is 69.8 Å². The zero-order chi connectivity index (χ0) is 24.5. The number of imide groups is 1. The topological polar surface area (TPSA) is 117 Å². The van der Waals surface area contributed by atoms with Crippen LogP contribution in [0.3, 0.4) is 0 Å². The quantitative estimate of drug-likeness (QED) is 0.571. The van der Waals surface area contributed by atoms with Crippen LogP contribution in [0.1, 0.15) is 54.9 Å². The van der Waals surface area contributed by atoms with E-state index in [1.165, 1.54) is 0 Å². The summed E-state index contributed by atoms with van der Waals surface area (Å²) in [7, 11) is 0. The van der Waals surface area contributed by atoms with Crippen LogP contribution in [0.5, 0.6) is 5.75 Å². The maximum atomic E-state index is 13.0. The molecule has 1 aromatic carbocycles. The van der Waals surface area contributed by atoms with Crippen molar-refractivity contribution in [2.24, 2.45) is 0 Å². The number of rotatable bonds is 7. The fraction of sp³-hybridized carbons (Fsp3) is 0.520. The van der Waals surface area contributed by atoms with Gasteiger partial charge in [0, 0.05) is 43.7 Å². The first kappa shape index (κ1) is 23.5. The van der Waals surface area contributed by atoms with E-state index in [1.807, 2.05) is 12.1 Å². The third-order valence-electron chi connectivity index (χ3n) is 6.82. The molecule has 4 heterocycles. The number of oxazole rings is 1. The van der Waals surface area contributed by atoms with Crippen molar-refractivity contribution < 1.29 is 23.5 Å². The van der Waals surface area contributed by atoms with E-state index in [4.69, 9.17) is 9.15 Å². The van der Waals surface area contributed by atoms with Gasteiger partial charge in [-0.25, -0.2) is 4.98 Å². The summed E-state index contributed by atoms with van der Waals surface area (Å²) in [5.41, 5.74) is 1.41. The number of aromatic nitrogens is 1. The molecule has 186 valence electrons. The Hall–Kier alpha value is -3.24. The number of amides is 3. The standard InChI is InChI=1S/C25H31N5O5/c1-15(2)27-19-7-9-29(14-23-26-8-10-34-23)13-21(19)35-17-3-4-18-16(11-17)12-30(25(18)33)20-5-6-22(31)28-24(20)32/h3-4,8,10-11,15,19-21,27H,5-7,9,12-14H2,1-2H3,(H,28,31,32)/t19-,20?,21-/m0/s1. The zero-order valence-corrected chi connectivity index (χ0v) is 20.0. The van der Waals surface area contributed by atoms with Crippen LogP contribution in [0.25, 0.3) is 0 Å². The number of hydrogen-bond acceptors (Lipinski definition) is 8. The molecular weight excluding hydrogens is 450 g/mol. The van der Waals surface area contributed by atoms with Crippen molar-refractivity contribution in [1.82, 2.24) is 25.4 Å². The highest BCUT2D eigenvalue weighted by Gasteiger charge is 2.39. The summed E-state index contributed by atoms with van der Waals surface area (Å²) in [4.78, 5) is 44.9. The zero-order valence-electron chi connectivity index (χ0n) is 20.0. The average Bonchev–Trinajstić information content (AvgIpc) is 3.43. The highest BCUT2D eigenvalue weighted by atomic mass is 16.5. The van der Waals surface area contributed by atoms with E-state index in [9.17, 15) is 14.4 Å². The summed E-state index contributed by atoms with van der Waals surface area (Å²) >= 11 is 0. The molecule has 1 aromatic heterocycles. The molecule has 10 nitrogen and oxygen atoms in total. The number of carbonyl (C=O) groups is 3. The van der Waals surface area contributed by atoms with Gasteiger partial charge < -0.3 is 19.4 Å². The second-order valence-corrected chi connectivity index (χ2v) is 9.75. The van der Waals surface area contributed by atoms with Crippen LogP contribution < -0.4 is 15.4 Å². The average molecular weight is 482 g/mol. The fourth-order valence-corrected chi connectivity index (χ4v) is 5.18. The Labute approximate surface area is 204 Å². The minimum Gasteiger partial charge on any atom is -0.487 e. The number of fused-ring (bicyclic) bond motifs is 1. The predicted octanol–water partition coefficient (Wildman–Crippen LogP) is 1.46. The second kappa shape index (κ2) is 9.79. The van der Waals surface area contributed by atoms with Gasteiger partial charge in [-0.05, 0) is 36.6 Å². The Bertz CT molecular complexity index is 1100. The molecule has 2 saturated heterocycles. The van der Waals surface area contributed by atoms with Crippen molar-refractivity contribution in [2.45, 2.75) is 70.4 Å². The van der Waals surface area contributed by atoms with E-state index < -0.39 is 11.9 Å². The Balaban J connectivity index is 1.29. The Morgan fingerprint density at radius 2 is 2.11 bits per heavy atom. The summed E-state index contributed by atoms with van der Waals surface area (Å²) < 4.78 is 11.9. The maximum absolute atomic E-state index is 13.0. The third kappa shape index (κ3) is 5.08. The number of hydrogen-bond donors (Lipinski definition) is 2. The maximum Gasteiger partial charge on any atom is 0.255 e. The smallest absolute Gasteiger partial charge is 0.255 e. The molecular formula is C25H31N5O5. The van der Waals surface area contributed by atoms with E-state index in [2.05, 4.69) is 34.4 Å². The molecule has 0 aliphatic carbocycles. The molecule has 5 rings (SSSR count). The van der Waals surface area contributed by atoms with Gasteiger partial charge in [-0.3, -0.25) is 24.6 Å². The number of carbonyl (C=O) groups excluding carboxylic acids is 3. The molecule has 0 saturated carbocycles. The molecule has 0 bridgehead atoms. The summed E-state index contributed by atoms with van der Waals surface area (Å²) in [6, 6.07) is 5.38. The monoisotopic (exact) mass is 481 g/mol. The molecule has 35 heavy (non-hydrogen) atoms. The van der Waals surface area contributed by atoms with Gasteiger partial charge in [-0.2, -0.15) is 0 Å². The van der Waals surface area contributed by atoms with Crippen LogP contribution in [-0.2, 0) is 22.7 Å². The first-order chi connectivity index (χ1) is 16.9. The Kier molecular flexibility index (Phi) is 6.57. The first-order valence-corrected chi connectivity index (χ1v) is 12.2. The van der Waals surface area contributed by atoms with E-state index >= 15 is 0 Å². The lowest BCUT2D eigenvalue weighted by molar-refractivity contribution is -0.136.